The minimum Gasteiger partial charge on any atom is -0.343 e. The number of thiazole rings is 1. The molecule has 1 saturated heterocycles. The molecular formula is C24H28N2OS. The number of likely N-dealkylation sites (tertiary alicyclic amines) is 1. The molecule has 2 heterocycles. The largest absolute Gasteiger partial charge is 0.343 e. The van der Waals surface area contributed by atoms with Crippen LogP contribution >= 0.6 is 11.3 Å². The van der Waals surface area contributed by atoms with Crippen LogP contribution in [0.25, 0.3) is 10.2 Å². The molecule has 4 heteroatoms. The average molecular weight is 393 g/mol. The lowest BCUT2D eigenvalue weighted by Crippen LogP contribution is -2.38. The summed E-state index contributed by atoms with van der Waals surface area (Å²) < 4.78 is 1.26. The van der Waals surface area contributed by atoms with Gasteiger partial charge < -0.3 is 4.90 Å². The highest BCUT2D eigenvalue weighted by Gasteiger charge is 2.25. The van der Waals surface area contributed by atoms with E-state index in [2.05, 4.69) is 56.3 Å². The predicted molar refractivity (Wildman–Crippen MR) is 117 cm³/mol. The molecule has 1 aliphatic heterocycles. The Morgan fingerprint density at radius 3 is 2.50 bits per heavy atom. The van der Waals surface area contributed by atoms with Gasteiger partial charge in [0, 0.05) is 25.4 Å². The highest BCUT2D eigenvalue weighted by molar-refractivity contribution is 7.18. The van der Waals surface area contributed by atoms with E-state index in [0.717, 1.165) is 37.9 Å². The maximum atomic E-state index is 12.6. The second-order valence-corrected chi connectivity index (χ2v) is 9.13. The fourth-order valence-electron chi connectivity index (χ4n) is 3.92. The van der Waals surface area contributed by atoms with Gasteiger partial charge in [-0.25, -0.2) is 4.98 Å². The number of hydrogen-bond donors (Lipinski definition) is 0. The summed E-state index contributed by atoms with van der Waals surface area (Å²) in [5.41, 5.74) is 3.71. The zero-order valence-corrected chi connectivity index (χ0v) is 17.5. The molecule has 146 valence electrons. The number of fused-ring (bicyclic) bond motifs is 1. The Bertz CT molecular complexity index is 904. The highest BCUT2D eigenvalue weighted by atomic mass is 32.1. The quantitative estimate of drug-likeness (QED) is 0.553. The lowest BCUT2D eigenvalue weighted by Gasteiger charge is -2.31. The molecule has 28 heavy (non-hydrogen) atoms. The Labute approximate surface area is 171 Å². The van der Waals surface area contributed by atoms with Gasteiger partial charge in [0.2, 0.25) is 5.91 Å². The molecule has 4 rings (SSSR count). The van der Waals surface area contributed by atoms with Gasteiger partial charge in [-0.2, -0.15) is 0 Å². The SMILES string of the molecule is CC(C)c1ccc(CCC(=O)N2CCC(c3nc4ccccc4s3)CC2)cc1. The van der Waals surface area contributed by atoms with Gasteiger partial charge in [0.15, 0.2) is 0 Å². The van der Waals surface area contributed by atoms with E-state index in [4.69, 9.17) is 4.98 Å². The zero-order valence-electron chi connectivity index (χ0n) is 16.7. The van der Waals surface area contributed by atoms with Crippen molar-refractivity contribution in [2.24, 2.45) is 0 Å². The average Bonchev–Trinajstić information content (AvgIpc) is 3.16. The minimum atomic E-state index is 0.288. The number of amides is 1. The van der Waals surface area contributed by atoms with Gasteiger partial charge in [0.05, 0.1) is 15.2 Å². The van der Waals surface area contributed by atoms with E-state index in [0.29, 0.717) is 18.3 Å². The van der Waals surface area contributed by atoms with Crippen molar-refractivity contribution in [3.63, 3.8) is 0 Å². The second kappa shape index (κ2) is 8.44. The number of benzene rings is 2. The summed E-state index contributed by atoms with van der Waals surface area (Å²) >= 11 is 1.81. The van der Waals surface area contributed by atoms with E-state index in [1.165, 1.54) is 20.8 Å². The Kier molecular flexibility index (Phi) is 5.77. The van der Waals surface area contributed by atoms with Gasteiger partial charge in [0.25, 0.3) is 0 Å². The minimum absolute atomic E-state index is 0.288. The van der Waals surface area contributed by atoms with Gasteiger partial charge in [-0.1, -0.05) is 50.2 Å². The standard InChI is InChI=1S/C24H28N2OS/c1-17(2)19-10-7-18(8-11-19)9-12-23(27)26-15-13-20(14-16-26)24-25-21-5-3-4-6-22(21)28-24/h3-8,10-11,17,20H,9,12-16H2,1-2H3. The third kappa shape index (κ3) is 4.27. The topological polar surface area (TPSA) is 33.2 Å². The maximum Gasteiger partial charge on any atom is 0.222 e. The molecule has 0 bridgehead atoms. The van der Waals surface area contributed by atoms with Crippen molar-refractivity contribution in [2.75, 3.05) is 13.1 Å². The first-order valence-corrected chi connectivity index (χ1v) is 11.1. The van der Waals surface area contributed by atoms with E-state index in [1.807, 2.05) is 22.3 Å². The third-order valence-corrected chi connectivity index (χ3v) is 6.98. The number of para-hydroxylation sites is 1. The molecule has 0 aliphatic carbocycles. The van der Waals surface area contributed by atoms with E-state index in [1.54, 1.807) is 0 Å². The summed E-state index contributed by atoms with van der Waals surface area (Å²) in [5, 5.41) is 1.23. The van der Waals surface area contributed by atoms with Crippen LogP contribution in [0.1, 0.15) is 61.1 Å². The normalized spacial score (nSPS) is 15.5. The first-order chi connectivity index (χ1) is 13.6. The van der Waals surface area contributed by atoms with E-state index >= 15 is 0 Å². The highest BCUT2D eigenvalue weighted by Crippen LogP contribution is 2.33. The maximum absolute atomic E-state index is 12.6. The zero-order chi connectivity index (χ0) is 19.5. The lowest BCUT2D eigenvalue weighted by atomic mass is 9.96. The molecule has 0 radical (unpaired) electrons. The van der Waals surface area contributed by atoms with Crippen molar-refractivity contribution >= 4 is 27.5 Å². The molecule has 0 unspecified atom stereocenters. The number of aryl methyl sites for hydroxylation is 1. The van der Waals surface area contributed by atoms with Crippen molar-refractivity contribution in [3.8, 4) is 0 Å². The Balaban J connectivity index is 1.28. The fraction of sp³-hybridized carbons (Fsp3) is 0.417. The smallest absolute Gasteiger partial charge is 0.222 e. The molecule has 1 aromatic heterocycles. The first kappa shape index (κ1) is 19.1. The Morgan fingerprint density at radius 2 is 1.82 bits per heavy atom. The van der Waals surface area contributed by atoms with Crippen molar-refractivity contribution in [2.45, 2.75) is 51.4 Å². The van der Waals surface area contributed by atoms with Gasteiger partial charge in [-0.3, -0.25) is 4.79 Å². The van der Waals surface area contributed by atoms with Crippen LogP contribution < -0.4 is 0 Å². The molecule has 0 atom stereocenters. The molecule has 2 aromatic carbocycles. The van der Waals surface area contributed by atoms with E-state index < -0.39 is 0 Å². The predicted octanol–water partition coefficient (Wildman–Crippen LogP) is 5.76. The summed E-state index contributed by atoms with van der Waals surface area (Å²) in [6, 6.07) is 17.1. The molecule has 1 amide bonds. The summed E-state index contributed by atoms with van der Waals surface area (Å²) in [5.74, 6) is 1.33. The van der Waals surface area contributed by atoms with Crippen LogP contribution in [-0.2, 0) is 11.2 Å². The monoisotopic (exact) mass is 392 g/mol. The van der Waals surface area contributed by atoms with E-state index in [9.17, 15) is 4.79 Å². The van der Waals surface area contributed by atoms with Crippen molar-refractivity contribution in [3.05, 3.63) is 64.7 Å². The van der Waals surface area contributed by atoms with Gasteiger partial charge in [-0.15, -0.1) is 11.3 Å². The summed E-state index contributed by atoms with van der Waals surface area (Å²) in [6.07, 6.45) is 3.48. The third-order valence-electron chi connectivity index (χ3n) is 5.78. The lowest BCUT2D eigenvalue weighted by molar-refractivity contribution is -0.132. The number of carbonyl (C=O) groups is 1. The van der Waals surface area contributed by atoms with Gasteiger partial charge in [-0.05, 0) is 48.4 Å². The Morgan fingerprint density at radius 1 is 1.11 bits per heavy atom. The van der Waals surface area contributed by atoms with Crippen LogP contribution in [0.5, 0.6) is 0 Å². The first-order valence-electron chi connectivity index (χ1n) is 10.3. The number of hydrogen-bond acceptors (Lipinski definition) is 3. The van der Waals surface area contributed by atoms with Crippen molar-refractivity contribution in [1.29, 1.82) is 0 Å². The number of carbonyl (C=O) groups excluding carboxylic acids is 1. The van der Waals surface area contributed by atoms with Crippen LogP contribution in [0.15, 0.2) is 48.5 Å². The number of aromatic nitrogens is 1. The molecule has 0 N–H and O–H groups in total. The molecule has 0 spiro atoms. The summed E-state index contributed by atoms with van der Waals surface area (Å²) in [4.78, 5) is 19.5. The second-order valence-electron chi connectivity index (χ2n) is 8.07. The summed E-state index contributed by atoms with van der Waals surface area (Å²) in [7, 11) is 0. The van der Waals surface area contributed by atoms with Crippen LogP contribution in [-0.4, -0.2) is 28.9 Å². The molecule has 0 saturated carbocycles. The van der Waals surface area contributed by atoms with Gasteiger partial charge in [0.1, 0.15) is 0 Å². The Hall–Kier alpha value is -2.20. The number of rotatable bonds is 5. The van der Waals surface area contributed by atoms with Crippen LogP contribution in [0.2, 0.25) is 0 Å². The molecule has 1 aliphatic rings. The van der Waals surface area contributed by atoms with Crippen LogP contribution in [0, 0.1) is 0 Å². The molecule has 1 fully saturated rings. The van der Waals surface area contributed by atoms with Crippen molar-refractivity contribution < 1.29 is 4.79 Å². The number of nitrogens with zero attached hydrogens (tertiary/aromatic N) is 2. The van der Waals surface area contributed by atoms with Gasteiger partial charge >= 0.3 is 0 Å². The molecular weight excluding hydrogens is 364 g/mol. The van der Waals surface area contributed by atoms with Crippen LogP contribution in [0.4, 0.5) is 0 Å². The van der Waals surface area contributed by atoms with E-state index in [-0.39, 0.29) is 5.91 Å². The number of piperidine rings is 1. The summed E-state index contributed by atoms with van der Waals surface area (Å²) in [6.45, 7) is 6.12. The fourth-order valence-corrected chi connectivity index (χ4v) is 5.06. The molecule has 3 aromatic rings. The van der Waals surface area contributed by atoms with Crippen molar-refractivity contribution in [1.82, 2.24) is 9.88 Å². The molecule has 3 nitrogen and oxygen atoms in total. The van der Waals surface area contributed by atoms with Crippen LogP contribution in [0.3, 0.4) is 0 Å².